The first kappa shape index (κ1) is 14.8. The normalized spacial score (nSPS) is 10.3. The van der Waals surface area contributed by atoms with Crippen LogP contribution in [0.1, 0.15) is 6.92 Å². The number of rotatable bonds is 4. The van der Waals surface area contributed by atoms with Gasteiger partial charge in [-0.05, 0) is 10.9 Å². The summed E-state index contributed by atoms with van der Waals surface area (Å²) < 4.78 is 5.31. The van der Waals surface area contributed by atoms with Crippen LogP contribution in [-0.4, -0.2) is 12.4 Å². The largest absolute Gasteiger partial charge is 0.426 e. The fourth-order valence-corrected chi connectivity index (χ4v) is 2.67. The van der Waals surface area contributed by atoms with Crippen LogP contribution in [0.5, 0.6) is 5.75 Å². The fraction of sp³-hybridized carbons (Fsp3) is 0.0526. The smallest absolute Gasteiger partial charge is 0.308 e. The van der Waals surface area contributed by atoms with E-state index in [1.165, 1.54) is 6.92 Å². The summed E-state index contributed by atoms with van der Waals surface area (Å²) in [5.41, 5.74) is 2.47. The van der Waals surface area contributed by atoms with Gasteiger partial charge in [-0.2, -0.15) is 0 Å². The number of fused-ring (bicyclic) bond motifs is 1. The van der Waals surface area contributed by atoms with Crippen molar-refractivity contribution < 1.29 is 14.3 Å². The summed E-state index contributed by atoms with van der Waals surface area (Å²) in [4.78, 5) is 22.4. The van der Waals surface area contributed by atoms with Crippen LogP contribution in [0.4, 0.5) is 5.69 Å². The van der Waals surface area contributed by atoms with Gasteiger partial charge in [0.1, 0.15) is 5.75 Å². The van der Waals surface area contributed by atoms with Gasteiger partial charge in [-0.25, -0.2) is 0 Å². The molecule has 0 atom stereocenters. The molecule has 0 saturated heterocycles. The molecule has 1 N–H and O–H groups in total. The predicted octanol–water partition coefficient (Wildman–Crippen LogP) is 4.00. The lowest BCUT2D eigenvalue weighted by atomic mass is 9.95. The molecule has 0 bridgehead atoms. The molecule has 0 fully saturated rings. The lowest BCUT2D eigenvalue weighted by Gasteiger charge is -2.16. The Labute approximate surface area is 133 Å². The maximum atomic E-state index is 11.4. The number of carbonyl (C=O) groups excluding carboxylic acids is 2. The number of carbonyl (C=O) groups is 2. The fourth-order valence-electron chi connectivity index (χ4n) is 2.67. The van der Waals surface area contributed by atoms with Crippen LogP contribution in [-0.2, 0) is 9.59 Å². The molecule has 4 heteroatoms. The molecular weight excluding hydrogens is 290 g/mol. The minimum Gasteiger partial charge on any atom is -0.426 e. The molecule has 0 aliphatic carbocycles. The molecule has 0 aromatic heterocycles. The maximum absolute atomic E-state index is 11.4. The van der Waals surface area contributed by atoms with E-state index in [4.69, 9.17) is 4.74 Å². The summed E-state index contributed by atoms with van der Waals surface area (Å²) in [7, 11) is 0. The number of hydrogen-bond donors (Lipinski definition) is 1. The average Bonchev–Trinajstić information content (AvgIpc) is 2.56. The van der Waals surface area contributed by atoms with Gasteiger partial charge in [0, 0.05) is 23.9 Å². The highest BCUT2D eigenvalue weighted by Gasteiger charge is 2.15. The third kappa shape index (κ3) is 2.92. The Morgan fingerprint density at radius 2 is 1.65 bits per heavy atom. The molecule has 3 aromatic rings. The van der Waals surface area contributed by atoms with Crippen LogP contribution in [0.2, 0.25) is 0 Å². The van der Waals surface area contributed by atoms with Gasteiger partial charge in [0.15, 0.2) is 0 Å². The highest BCUT2D eigenvalue weighted by atomic mass is 16.5. The first-order chi connectivity index (χ1) is 11.2. The molecule has 0 aliphatic rings. The van der Waals surface area contributed by atoms with Crippen molar-refractivity contribution >= 4 is 28.8 Å². The molecule has 23 heavy (non-hydrogen) atoms. The Morgan fingerprint density at radius 1 is 1.00 bits per heavy atom. The Bertz CT molecular complexity index is 872. The van der Waals surface area contributed by atoms with Crippen molar-refractivity contribution in [2.45, 2.75) is 6.92 Å². The summed E-state index contributed by atoms with van der Waals surface area (Å²) in [5, 5.41) is 4.43. The van der Waals surface area contributed by atoms with Gasteiger partial charge in [-0.1, -0.05) is 54.6 Å². The molecule has 0 unspecified atom stereocenters. The quantitative estimate of drug-likeness (QED) is 0.450. The van der Waals surface area contributed by atoms with Crippen molar-refractivity contribution in [1.29, 1.82) is 0 Å². The minimum atomic E-state index is -0.403. The molecule has 3 rings (SSSR count). The van der Waals surface area contributed by atoms with E-state index in [1.807, 2.05) is 54.6 Å². The van der Waals surface area contributed by atoms with E-state index < -0.39 is 5.97 Å². The topological polar surface area (TPSA) is 55.4 Å². The Kier molecular flexibility index (Phi) is 4.06. The summed E-state index contributed by atoms with van der Waals surface area (Å²) >= 11 is 0. The second-order valence-electron chi connectivity index (χ2n) is 5.06. The van der Waals surface area contributed by atoms with Crippen molar-refractivity contribution in [3.05, 3.63) is 60.7 Å². The molecule has 114 valence electrons. The van der Waals surface area contributed by atoms with Gasteiger partial charge in [0.25, 0.3) is 0 Å². The first-order valence-corrected chi connectivity index (χ1v) is 7.20. The van der Waals surface area contributed by atoms with Gasteiger partial charge >= 0.3 is 5.97 Å². The highest BCUT2D eigenvalue weighted by molar-refractivity contribution is 6.07. The SMILES string of the molecule is CC(=O)Oc1cc(NC=O)c(-c2ccccc2)c2ccccc12. The minimum absolute atomic E-state index is 0.403. The molecule has 3 aromatic carbocycles. The molecule has 0 spiro atoms. The number of esters is 1. The van der Waals surface area contributed by atoms with Crippen LogP contribution in [0, 0.1) is 0 Å². The number of anilines is 1. The van der Waals surface area contributed by atoms with Gasteiger partial charge in [0.2, 0.25) is 6.41 Å². The predicted molar refractivity (Wildman–Crippen MR) is 90.4 cm³/mol. The van der Waals surface area contributed by atoms with Crippen LogP contribution in [0.25, 0.3) is 21.9 Å². The van der Waals surface area contributed by atoms with E-state index in [0.717, 1.165) is 21.9 Å². The van der Waals surface area contributed by atoms with E-state index in [-0.39, 0.29) is 0 Å². The summed E-state index contributed by atoms with van der Waals surface area (Å²) in [5.74, 6) is 0.0248. The standard InChI is InChI=1S/C19H15NO3/c1-13(22)23-18-11-17(20-12-21)19(14-7-3-2-4-8-14)16-10-6-5-9-15(16)18/h2-12H,1H3,(H,20,21). The lowest BCUT2D eigenvalue weighted by molar-refractivity contribution is -0.131. The first-order valence-electron chi connectivity index (χ1n) is 7.20. The lowest BCUT2D eigenvalue weighted by Crippen LogP contribution is -2.04. The Balaban J connectivity index is 2.35. The van der Waals surface area contributed by atoms with E-state index in [1.54, 1.807) is 6.07 Å². The second-order valence-corrected chi connectivity index (χ2v) is 5.06. The average molecular weight is 305 g/mol. The van der Waals surface area contributed by atoms with Crippen LogP contribution in [0.15, 0.2) is 60.7 Å². The van der Waals surface area contributed by atoms with Gasteiger partial charge in [-0.15, -0.1) is 0 Å². The monoisotopic (exact) mass is 305 g/mol. The van der Waals surface area contributed by atoms with Gasteiger partial charge in [-0.3, -0.25) is 9.59 Å². The van der Waals surface area contributed by atoms with E-state index in [0.29, 0.717) is 17.8 Å². The van der Waals surface area contributed by atoms with E-state index >= 15 is 0 Å². The molecule has 0 heterocycles. The third-order valence-electron chi connectivity index (χ3n) is 3.54. The van der Waals surface area contributed by atoms with E-state index in [9.17, 15) is 9.59 Å². The molecule has 0 radical (unpaired) electrons. The number of nitrogens with one attached hydrogen (secondary N) is 1. The number of amides is 1. The van der Waals surface area contributed by atoms with Gasteiger partial charge in [0.05, 0.1) is 5.69 Å². The molecule has 0 aliphatic heterocycles. The zero-order valence-corrected chi connectivity index (χ0v) is 12.6. The molecular formula is C19H15NO3. The van der Waals surface area contributed by atoms with Crippen LogP contribution >= 0.6 is 0 Å². The zero-order chi connectivity index (χ0) is 16.2. The third-order valence-corrected chi connectivity index (χ3v) is 3.54. The summed E-state index contributed by atoms with van der Waals surface area (Å²) in [6.45, 7) is 1.35. The molecule has 0 saturated carbocycles. The maximum Gasteiger partial charge on any atom is 0.308 e. The Hall–Kier alpha value is -3.14. The number of ether oxygens (including phenoxy) is 1. The number of hydrogen-bond acceptors (Lipinski definition) is 3. The van der Waals surface area contributed by atoms with E-state index in [2.05, 4.69) is 5.32 Å². The van der Waals surface area contributed by atoms with Crippen LogP contribution in [0.3, 0.4) is 0 Å². The molecule has 1 amide bonds. The van der Waals surface area contributed by atoms with Crippen molar-refractivity contribution in [3.8, 4) is 16.9 Å². The van der Waals surface area contributed by atoms with Crippen molar-refractivity contribution in [3.63, 3.8) is 0 Å². The zero-order valence-electron chi connectivity index (χ0n) is 12.6. The van der Waals surface area contributed by atoms with Crippen molar-refractivity contribution in [2.75, 3.05) is 5.32 Å². The van der Waals surface area contributed by atoms with Crippen molar-refractivity contribution in [1.82, 2.24) is 0 Å². The van der Waals surface area contributed by atoms with Crippen molar-refractivity contribution in [2.24, 2.45) is 0 Å². The Morgan fingerprint density at radius 3 is 2.30 bits per heavy atom. The van der Waals surface area contributed by atoms with Gasteiger partial charge < -0.3 is 10.1 Å². The summed E-state index contributed by atoms with van der Waals surface area (Å²) in [6.07, 6.45) is 0.619. The molecule has 4 nitrogen and oxygen atoms in total. The number of benzene rings is 3. The summed E-state index contributed by atoms with van der Waals surface area (Å²) in [6, 6.07) is 19.1. The van der Waals surface area contributed by atoms with Crippen LogP contribution < -0.4 is 10.1 Å². The highest BCUT2D eigenvalue weighted by Crippen LogP contribution is 2.40. The second kappa shape index (κ2) is 6.32.